The molecule has 0 aliphatic carbocycles. The lowest BCUT2D eigenvalue weighted by molar-refractivity contribution is -0.130. The SMILES string of the molecule is C[C@@H]1CN(C(=O)c2ccccc2)CCN1C(=O)C(=O)c1c[nH]c2c(-c3noc(NCCN4CCOCC4)n3)ccc(F)c12. The summed E-state index contributed by atoms with van der Waals surface area (Å²) in [6, 6.07) is 11.4. The zero-order valence-corrected chi connectivity index (χ0v) is 23.7. The Hall–Kier alpha value is -4.62. The minimum Gasteiger partial charge on any atom is -0.379 e. The summed E-state index contributed by atoms with van der Waals surface area (Å²) in [7, 11) is 0. The average molecular weight is 590 g/mol. The number of H-pyrrole nitrogens is 1. The number of morpholine rings is 1. The number of amides is 2. The molecule has 0 spiro atoms. The van der Waals surface area contributed by atoms with Crippen molar-refractivity contribution in [1.29, 1.82) is 0 Å². The molecule has 0 unspecified atom stereocenters. The Labute approximate surface area is 246 Å². The molecule has 224 valence electrons. The van der Waals surface area contributed by atoms with Crippen LogP contribution >= 0.6 is 0 Å². The summed E-state index contributed by atoms with van der Waals surface area (Å²) in [6.07, 6.45) is 1.33. The molecule has 12 nitrogen and oxygen atoms in total. The van der Waals surface area contributed by atoms with E-state index >= 15 is 4.39 Å². The number of ether oxygens (including phenoxy) is 1. The van der Waals surface area contributed by atoms with Crippen LogP contribution in [0, 0.1) is 5.82 Å². The van der Waals surface area contributed by atoms with Crippen LogP contribution in [0.2, 0.25) is 0 Å². The van der Waals surface area contributed by atoms with Crippen molar-refractivity contribution >= 4 is 34.5 Å². The fourth-order valence-electron chi connectivity index (χ4n) is 5.58. The minimum atomic E-state index is -0.837. The number of carbonyl (C=O) groups excluding carboxylic acids is 3. The van der Waals surface area contributed by atoms with Crippen molar-refractivity contribution in [3.05, 3.63) is 65.6 Å². The van der Waals surface area contributed by atoms with E-state index in [1.54, 1.807) is 36.1 Å². The maximum absolute atomic E-state index is 15.1. The lowest BCUT2D eigenvalue weighted by Crippen LogP contribution is -2.56. The van der Waals surface area contributed by atoms with E-state index in [0.717, 1.165) is 19.6 Å². The van der Waals surface area contributed by atoms with Crippen molar-refractivity contribution in [2.45, 2.75) is 13.0 Å². The number of nitrogens with zero attached hydrogens (tertiary/aromatic N) is 5. The molecule has 2 saturated heterocycles. The molecule has 0 bridgehead atoms. The van der Waals surface area contributed by atoms with E-state index in [-0.39, 0.29) is 53.8 Å². The van der Waals surface area contributed by atoms with Crippen molar-refractivity contribution in [1.82, 2.24) is 29.8 Å². The topological polar surface area (TPSA) is 137 Å². The fourth-order valence-corrected chi connectivity index (χ4v) is 5.58. The standard InChI is InChI=1S/C30H32FN7O5/c1-19-18-37(28(40)20-5-3-2-4-6-20)11-12-38(19)29(41)26(39)22-17-33-25-21(7-8-23(31)24(22)25)27-34-30(43-35-27)32-9-10-36-13-15-42-16-14-36/h2-8,17,19,33H,9-16,18H2,1H3,(H,32,34,35)/t19-/m1/s1. The van der Waals surface area contributed by atoms with Crippen LogP contribution in [0.1, 0.15) is 27.6 Å². The highest BCUT2D eigenvalue weighted by molar-refractivity contribution is 6.45. The van der Waals surface area contributed by atoms with E-state index in [9.17, 15) is 14.4 Å². The van der Waals surface area contributed by atoms with Crippen LogP contribution in [-0.4, -0.2) is 112 Å². The third-order valence-corrected chi connectivity index (χ3v) is 7.89. The smallest absolute Gasteiger partial charge is 0.321 e. The number of piperazine rings is 1. The van der Waals surface area contributed by atoms with Crippen molar-refractivity contribution in [2.24, 2.45) is 0 Å². The molecular weight excluding hydrogens is 557 g/mol. The number of benzene rings is 2. The van der Waals surface area contributed by atoms with E-state index in [0.29, 0.717) is 30.9 Å². The molecule has 0 radical (unpaired) electrons. The number of fused-ring (bicyclic) bond motifs is 1. The molecule has 4 heterocycles. The second-order valence-electron chi connectivity index (χ2n) is 10.6. The predicted octanol–water partition coefficient (Wildman–Crippen LogP) is 2.66. The Balaban J connectivity index is 1.15. The zero-order valence-electron chi connectivity index (χ0n) is 23.7. The molecule has 4 aromatic rings. The van der Waals surface area contributed by atoms with Crippen LogP contribution in [0.5, 0.6) is 0 Å². The maximum Gasteiger partial charge on any atom is 0.321 e. The third-order valence-electron chi connectivity index (χ3n) is 7.89. The van der Waals surface area contributed by atoms with Gasteiger partial charge in [-0.05, 0) is 31.2 Å². The van der Waals surface area contributed by atoms with E-state index in [1.165, 1.54) is 23.2 Å². The Bertz CT molecular complexity index is 1630. The van der Waals surface area contributed by atoms with Crippen molar-refractivity contribution in [3.8, 4) is 11.4 Å². The van der Waals surface area contributed by atoms with Crippen LogP contribution in [0.15, 0.2) is 53.2 Å². The second-order valence-corrected chi connectivity index (χ2v) is 10.6. The molecule has 2 N–H and O–H groups in total. The number of aromatic amines is 1. The lowest BCUT2D eigenvalue weighted by Gasteiger charge is -2.39. The molecule has 2 amide bonds. The number of rotatable bonds is 8. The van der Waals surface area contributed by atoms with Gasteiger partial charge in [0.05, 0.1) is 24.3 Å². The number of hydrogen-bond donors (Lipinski definition) is 2. The normalized spacial score (nSPS) is 17.8. The molecule has 43 heavy (non-hydrogen) atoms. The van der Waals surface area contributed by atoms with Crippen LogP contribution in [0.3, 0.4) is 0 Å². The minimum absolute atomic E-state index is 0.0204. The van der Waals surface area contributed by atoms with Gasteiger partial charge in [0.1, 0.15) is 5.82 Å². The van der Waals surface area contributed by atoms with Gasteiger partial charge in [-0.1, -0.05) is 23.4 Å². The molecule has 0 saturated carbocycles. The zero-order chi connectivity index (χ0) is 29.9. The first kappa shape index (κ1) is 28.5. The molecule has 2 aromatic heterocycles. The van der Waals surface area contributed by atoms with Gasteiger partial charge in [-0.25, -0.2) is 4.39 Å². The Morgan fingerprint density at radius 1 is 1.07 bits per heavy atom. The number of hydrogen-bond acceptors (Lipinski definition) is 9. The molecule has 1 atom stereocenters. The molecule has 2 aromatic carbocycles. The van der Waals surface area contributed by atoms with E-state index in [2.05, 4.69) is 25.3 Å². The highest BCUT2D eigenvalue weighted by Gasteiger charge is 2.35. The molecule has 2 aliphatic heterocycles. The number of Topliss-reactive ketones (excluding diaryl/α,β-unsaturated/α-hetero) is 1. The molecule has 6 rings (SSSR count). The molecule has 2 aliphatic rings. The summed E-state index contributed by atoms with van der Waals surface area (Å²) >= 11 is 0. The first-order valence-electron chi connectivity index (χ1n) is 14.3. The van der Waals surface area contributed by atoms with Gasteiger partial charge in [0.25, 0.3) is 17.6 Å². The van der Waals surface area contributed by atoms with Gasteiger partial charge in [0.2, 0.25) is 5.82 Å². The van der Waals surface area contributed by atoms with Crippen LogP contribution in [-0.2, 0) is 9.53 Å². The van der Waals surface area contributed by atoms with Crippen LogP contribution in [0.4, 0.5) is 10.4 Å². The van der Waals surface area contributed by atoms with Gasteiger partial charge in [0, 0.05) is 74.6 Å². The highest BCUT2D eigenvalue weighted by atomic mass is 19.1. The van der Waals surface area contributed by atoms with E-state index in [4.69, 9.17) is 9.26 Å². The van der Waals surface area contributed by atoms with Crippen molar-refractivity contribution in [3.63, 3.8) is 0 Å². The van der Waals surface area contributed by atoms with Crippen LogP contribution in [0.25, 0.3) is 22.3 Å². The first-order chi connectivity index (χ1) is 20.9. The van der Waals surface area contributed by atoms with Crippen molar-refractivity contribution in [2.75, 3.05) is 64.3 Å². The fraction of sp³-hybridized carbons (Fsp3) is 0.367. The summed E-state index contributed by atoms with van der Waals surface area (Å²) in [5.41, 5.74) is 1.19. The Morgan fingerprint density at radius 3 is 2.63 bits per heavy atom. The van der Waals surface area contributed by atoms with Gasteiger partial charge in [-0.2, -0.15) is 4.98 Å². The summed E-state index contributed by atoms with van der Waals surface area (Å²) in [5.74, 6) is -2.17. The van der Waals surface area contributed by atoms with Gasteiger partial charge in [-0.3, -0.25) is 19.3 Å². The number of halogens is 1. The summed E-state index contributed by atoms with van der Waals surface area (Å²) in [4.78, 5) is 52.4. The number of anilines is 1. The van der Waals surface area contributed by atoms with Gasteiger partial charge >= 0.3 is 6.01 Å². The monoisotopic (exact) mass is 589 g/mol. The summed E-state index contributed by atoms with van der Waals surface area (Å²) in [6.45, 7) is 7.06. The highest BCUT2D eigenvalue weighted by Crippen LogP contribution is 2.31. The maximum atomic E-state index is 15.1. The second kappa shape index (κ2) is 12.3. The van der Waals surface area contributed by atoms with Gasteiger partial charge in [-0.15, -0.1) is 0 Å². The average Bonchev–Trinajstić information content (AvgIpc) is 3.70. The van der Waals surface area contributed by atoms with Crippen molar-refractivity contribution < 1.29 is 28.0 Å². The number of nitrogens with one attached hydrogen (secondary N) is 2. The quantitative estimate of drug-likeness (QED) is 0.235. The Morgan fingerprint density at radius 2 is 1.86 bits per heavy atom. The van der Waals surface area contributed by atoms with Gasteiger partial charge < -0.3 is 29.4 Å². The number of ketones is 1. The van der Waals surface area contributed by atoms with E-state index in [1.807, 2.05) is 6.07 Å². The number of aromatic nitrogens is 3. The van der Waals surface area contributed by atoms with Crippen LogP contribution < -0.4 is 5.32 Å². The molecular formula is C30H32FN7O5. The van der Waals surface area contributed by atoms with Gasteiger partial charge in [0.15, 0.2) is 0 Å². The van der Waals surface area contributed by atoms with E-state index < -0.39 is 23.5 Å². The third kappa shape index (κ3) is 5.86. The number of carbonyl (C=O) groups is 3. The molecule has 13 heteroatoms. The summed E-state index contributed by atoms with van der Waals surface area (Å²) in [5, 5.41) is 7.11. The summed E-state index contributed by atoms with van der Waals surface area (Å²) < 4.78 is 25.8. The lowest BCUT2D eigenvalue weighted by atomic mass is 10.0. The predicted molar refractivity (Wildman–Crippen MR) is 155 cm³/mol. The largest absolute Gasteiger partial charge is 0.379 e. The first-order valence-corrected chi connectivity index (χ1v) is 14.3. The Kier molecular flexibility index (Phi) is 8.16. The molecule has 2 fully saturated rings.